The molecule has 0 bridgehead atoms. The van der Waals surface area contributed by atoms with Gasteiger partial charge in [-0.2, -0.15) is 0 Å². The minimum Gasteiger partial charge on any atom is -0.370 e. The van der Waals surface area contributed by atoms with E-state index in [4.69, 9.17) is 0 Å². The molecule has 2 aromatic rings. The van der Waals surface area contributed by atoms with E-state index in [1.54, 1.807) is 0 Å². The summed E-state index contributed by atoms with van der Waals surface area (Å²) in [4.78, 5) is 19.5. The first-order valence-electron chi connectivity index (χ1n) is 6.29. The third-order valence-electron chi connectivity index (χ3n) is 3.29. The molecule has 19 heavy (non-hydrogen) atoms. The highest BCUT2D eigenvalue weighted by Gasteiger charge is 2.16. The van der Waals surface area contributed by atoms with Gasteiger partial charge in [-0.25, -0.2) is 4.98 Å². The van der Waals surface area contributed by atoms with E-state index in [1.807, 2.05) is 25.1 Å². The summed E-state index contributed by atoms with van der Waals surface area (Å²) >= 11 is 3.52. The summed E-state index contributed by atoms with van der Waals surface area (Å²) in [6.45, 7) is 2.90. The van der Waals surface area contributed by atoms with Gasteiger partial charge in [-0.1, -0.05) is 22.0 Å². The smallest absolute Gasteiger partial charge is 0.256 e. The van der Waals surface area contributed by atoms with Crippen molar-refractivity contribution in [2.45, 2.75) is 19.8 Å². The summed E-state index contributed by atoms with van der Waals surface area (Å²) < 4.78 is 0.936. The van der Waals surface area contributed by atoms with E-state index < -0.39 is 0 Å². The molecule has 0 fully saturated rings. The van der Waals surface area contributed by atoms with Crippen molar-refractivity contribution in [2.75, 3.05) is 11.9 Å². The summed E-state index contributed by atoms with van der Waals surface area (Å²) in [5.74, 6) is 1.32. The van der Waals surface area contributed by atoms with Gasteiger partial charge in [0.2, 0.25) is 0 Å². The molecular weight excluding hydrogens is 306 g/mol. The van der Waals surface area contributed by atoms with Crippen molar-refractivity contribution in [2.24, 2.45) is 0 Å². The van der Waals surface area contributed by atoms with Crippen LogP contribution in [0.5, 0.6) is 0 Å². The molecule has 0 spiro atoms. The fraction of sp³-hybridized carbons (Fsp3) is 0.286. The van der Waals surface area contributed by atoms with Crippen LogP contribution in [0.15, 0.2) is 27.5 Å². The van der Waals surface area contributed by atoms with Crippen LogP contribution in [0.2, 0.25) is 0 Å². The summed E-state index contributed by atoms with van der Waals surface area (Å²) in [5.41, 5.74) is 2.78. The molecule has 0 saturated heterocycles. The van der Waals surface area contributed by atoms with E-state index in [1.165, 1.54) is 0 Å². The van der Waals surface area contributed by atoms with Gasteiger partial charge in [-0.3, -0.25) is 4.79 Å². The van der Waals surface area contributed by atoms with Crippen molar-refractivity contribution < 1.29 is 0 Å². The number of nitrogens with one attached hydrogen (secondary N) is 2. The van der Waals surface area contributed by atoms with E-state index in [-0.39, 0.29) is 5.56 Å². The number of aromatic amines is 1. The Bertz CT molecular complexity index is 694. The first kappa shape index (κ1) is 12.4. The average molecular weight is 320 g/mol. The second-order valence-electron chi connectivity index (χ2n) is 4.76. The lowest BCUT2D eigenvalue weighted by Gasteiger charge is -2.17. The zero-order valence-electron chi connectivity index (χ0n) is 10.6. The highest BCUT2D eigenvalue weighted by Crippen LogP contribution is 2.27. The van der Waals surface area contributed by atoms with Crippen molar-refractivity contribution in [3.8, 4) is 11.4 Å². The van der Waals surface area contributed by atoms with Crippen molar-refractivity contribution in [3.05, 3.63) is 44.2 Å². The number of hydrogen-bond acceptors (Lipinski definition) is 3. The Labute approximate surface area is 119 Å². The van der Waals surface area contributed by atoms with Crippen molar-refractivity contribution >= 4 is 21.7 Å². The molecule has 0 unspecified atom stereocenters. The Kier molecular flexibility index (Phi) is 3.14. The molecular formula is C14H14BrN3O. The number of halogens is 1. The van der Waals surface area contributed by atoms with E-state index in [0.29, 0.717) is 5.82 Å². The molecule has 0 saturated carbocycles. The minimum absolute atomic E-state index is 0.0420. The van der Waals surface area contributed by atoms with Crippen LogP contribution < -0.4 is 10.9 Å². The van der Waals surface area contributed by atoms with Crippen LogP contribution in [0, 0.1) is 6.92 Å². The van der Waals surface area contributed by atoms with Gasteiger partial charge in [-0.05, 0) is 37.5 Å². The zero-order chi connectivity index (χ0) is 13.4. The summed E-state index contributed by atoms with van der Waals surface area (Å²) in [7, 11) is 0. The van der Waals surface area contributed by atoms with Gasteiger partial charge in [0.05, 0.1) is 5.56 Å². The van der Waals surface area contributed by atoms with Crippen LogP contribution in [0.4, 0.5) is 5.82 Å². The number of aromatic nitrogens is 2. The standard InChI is InChI=1S/C14H14BrN3O/c1-8-4-5-9(11(15)7-8)13-17-12-10(14(19)18-13)3-2-6-16-12/h4-5,7H,2-3,6H2,1H3,(H2,16,17,18,19). The molecule has 98 valence electrons. The maximum Gasteiger partial charge on any atom is 0.256 e. The molecule has 1 aromatic heterocycles. The monoisotopic (exact) mass is 319 g/mol. The van der Waals surface area contributed by atoms with Gasteiger partial charge in [0, 0.05) is 16.6 Å². The lowest BCUT2D eigenvalue weighted by Crippen LogP contribution is -2.24. The van der Waals surface area contributed by atoms with Gasteiger partial charge in [0.15, 0.2) is 0 Å². The fourth-order valence-corrected chi connectivity index (χ4v) is 2.97. The van der Waals surface area contributed by atoms with Crippen molar-refractivity contribution in [1.82, 2.24) is 9.97 Å². The van der Waals surface area contributed by atoms with Gasteiger partial charge >= 0.3 is 0 Å². The molecule has 5 heteroatoms. The van der Waals surface area contributed by atoms with Crippen LogP contribution in [-0.2, 0) is 6.42 Å². The molecule has 2 N–H and O–H groups in total. The maximum absolute atomic E-state index is 12.1. The number of benzene rings is 1. The quantitative estimate of drug-likeness (QED) is 0.849. The number of nitrogens with zero attached hydrogens (tertiary/aromatic N) is 1. The molecule has 0 amide bonds. The predicted octanol–water partition coefficient (Wildman–Crippen LogP) is 2.87. The highest BCUT2D eigenvalue weighted by molar-refractivity contribution is 9.10. The first-order valence-corrected chi connectivity index (χ1v) is 7.08. The van der Waals surface area contributed by atoms with Gasteiger partial charge < -0.3 is 10.3 Å². The minimum atomic E-state index is -0.0420. The van der Waals surface area contributed by atoms with E-state index in [2.05, 4.69) is 31.2 Å². The Morgan fingerprint density at radius 1 is 1.37 bits per heavy atom. The van der Waals surface area contributed by atoms with E-state index in [0.717, 1.165) is 46.4 Å². The lowest BCUT2D eigenvalue weighted by molar-refractivity contribution is 0.800. The number of hydrogen-bond donors (Lipinski definition) is 2. The number of aryl methyl sites for hydroxylation is 1. The third-order valence-corrected chi connectivity index (χ3v) is 3.95. The van der Waals surface area contributed by atoms with E-state index in [9.17, 15) is 4.79 Å². The van der Waals surface area contributed by atoms with Crippen LogP contribution in [-0.4, -0.2) is 16.5 Å². The molecule has 1 aromatic carbocycles. The van der Waals surface area contributed by atoms with Crippen LogP contribution >= 0.6 is 15.9 Å². The Balaban J connectivity index is 2.15. The van der Waals surface area contributed by atoms with E-state index >= 15 is 0 Å². The second-order valence-corrected chi connectivity index (χ2v) is 5.61. The topological polar surface area (TPSA) is 57.8 Å². The highest BCUT2D eigenvalue weighted by atomic mass is 79.9. The van der Waals surface area contributed by atoms with Crippen molar-refractivity contribution in [1.29, 1.82) is 0 Å². The fourth-order valence-electron chi connectivity index (χ4n) is 2.29. The lowest BCUT2D eigenvalue weighted by atomic mass is 10.1. The van der Waals surface area contributed by atoms with Gasteiger partial charge in [0.25, 0.3) is 5.56 Å². The normalized spacial score (nSPS) is 13.8. The molecule has 2 heterocycles. The molecule has 4 nitrogen and oxygen atoms in total. The number of fused-ring (bicyclic) bond motifs is 1. The number of rotatable bonds is 1. The van der Waals surface area contributed by atoms with Gasteiger partial charge in [0.1, 0.15) is 11.6 Å². The number of H-pyrrole nitrogens is 1. The molecule has 1 aliphatic heterocycles. The van der Waals surface area contributed by atoms with Crippen molar-refractivity contribution in [3.63, 3.8) is 0 Å². The molecule has 0 radical (unpaired) electrons. The maximum atomic E-state index is 12.1. The number of anilines is 1. The summed E-state index contributed by atoms with van der Waals surface area (Å²) in [6, 6.07) is 5.99. The molecule has 0 aliphatic carbocycles. The SMILES string of the molecule is Cc1ccc(-c2nc3c(c(=O)[nH]2)CCCN3)c(Br)c1. The largest absolute Gasteiger partial charge is 0.370 e. The third kappa shape index (κ3) is 2.30. The summed E-state index contributed by atoms with van der Waals surface area (Å²) in [5, 5.41) is 3.20. The Morgan fingerprint density at radius 2 is 2.21 bits per heavy atom. The van der Waals surface area contributed by atoms with Crippen LogP contribution in [0.25, 0.3) is 11.4 Å². The molecule has 3 rings (SSSR count). The predicted molar refractivity (Wildman–Crippen MR) is 79.5 cm³/mol. The second kappa shape index (κ2) is 4.81. The molecule has 0 atom stereocenters. The zero-order valence-corrected chi connectivity index (χ0v) is 12.2. The average Bonchev–Trinajstić information content (AvgIpc) is 2.38. The van der Waals surface area contributed by atoms with Gasteiger partial charge in [-0.15, -0.1) is 0 Å². The molecule has 1 aliphatic rings. The summed E-state index contributed by atoms with van der Waals surface area (Å²) in [6.07, 6.45) is 1.77. The Morgan fingerprint density at radius 3 is 3.00 bits per heavy atom. The Hall–Kier alpha value is -1.62. The first-order chi connectivity index (χ1) is 9.15. The van der Waals surface area contributed by atoms with Crippen LogP contribution in [0.3, 0.4) is 0 Å². The van der Waals surface area contributed by atoms with Crippen LogP contribution in [0.1, 0.15) is 17.5 Å².